The number of hydrogen-bond acceptors (Lipinski definition) is 2. The third kappa shape index (κ3) is 3.41. The molecule has 0 radical (unpaired) electrons. The van der Waals surface area contributed by atoms with Crippen LogP contribution in [-0.4, -0.2) is 34.0 Å². The molecule has 0 bridgehead atoms. The fourth-order valence-electron chi connectivity index (χ4n) is 1.82. The number of aromatic nitrogens is 2. The zero-order chi connectivity index (χ0) is 15.7. The first-order valence-corrected chi connectivity index (χ1v) is 7.43. The molecule has 0 saturated heterocycles. The van der Waals surface area contributed by atoms with Crippen molar-refractivity contribution in [1.82, 2.24) is 20.2 Å². The summed E-state index contributed by atoms with van der Waals surface area (Å²) in [5.74, 6) is 0.661. The van der Waals surface area contributed by atoms with Crippen molar-refractivity contribution in [2.24, 2.45) is 0 Å². The molecule has 21 heavy (non-hydrogen) atoms. The zero-order valence-electron chi connectivity index (χ0n) is 12.4. The number of carbonyl (C=O) groups is 1. The Hall–Kier alpha value is -1.46. The summed E-state index contributed by atoms with van der Waals surface area (Å²) < 4.78 is 0. The van der Waals surface area contributed by atoms with Gasteiger partial charge in [0.15, 0.2) is 0 Å². The molecule has 114 valence electrons. The average molecular weight is 329 g/mol. The summed E-state index contributed by atoms with van der Waals surface area (Å²) >= 11 is 12.0. The van der Waals surface area contributed by atoms with Crippen LogP contribution >= 0.6 is 23.2 Å². The zero-order valence-corrected chi connectivity index (χ0v) is 13.9. The van der Waals surface area contributed by atoms with E-state index in [9.17, 15) is 4.79 Å². The van der Waals surface area contributed by atoms with Gasteiger partial charge in [-0.05, 0) is 32.9 Å². The molecule has 0 aliphatic rings. The lowest BCUT2D eigenvalue weighted by Crippen LogP contribution is -2.42. The van der Waals surface area contributed by atoms with E-state index >= 15 is 0 Å². The topological polar surface area (TPSA) is 61.0 Å². The highest BCUT2D eigenvalue weighted by Crippen LogP contribution is 2.27. The van der Waals surface area contributed by atoms with Crippen molar-refractivity contribution in [3.63, 3.8) is 0 Å². The van der Waals surface area contributed by atoms with Crippen molar-refractivity contribution in [2.45, 2.75) is 32.9 Å². The van der Waals surface area contributed by atoms with E-state index in [1.807, 2.05) is 20.8 Å². The highest BCUT2D eigenvalue weighted by molar-refractivity contribution is 6.42. The number of urea groups is 1. The third-order valence-electron chi connectivity index (χ3n) is 3.39. The van der Waals surface area contributed by atoms with Crippen LogP contribution in [0, 0.1) is 0 Å². The number of imidazole rings is 1. The van der Waals surface area contributed by atoms with E-state index in [0.29, 0.717) is 15.9 Å². The Bertz CT molecular complexity index is 629. The highest BCUT2D eigenvalue weighted by atomic mass is 35.5. The number of benzene rings is 1. The first kappa shape index (κ1) is 15.9. The second kappa shape index (κ2) is 6.12. The lowest BCUT2D eigenvalue weighted by molar-refractivity contribution is 0.194. The van der Waals surface area contributed by atoms with E-state index in [-0.39, 0.29) is 18.1 Å². The second-order valence-corrected chi connectivity index (χ2v) is 6.10. The number of amides is 2. The summed E-state index contributed by atoms with van der Waals surface area (Å²) in [7, 11) is 1.75. The summed E-state index contributed by atoms with van der Waals surface area (Å²) in [6, 6.07) is 3.17. The number of fused-ring (bicyclic) bond motifs is 1. The Balaban J connectivity index is 2.20. The molecule has 1 heterocycles. The summed E-state index contributed by atoms with van der Waals surface area (Å²) in [6.45, 7) is 5.78. The van der Waals surface area contributed by atoms with Gasteiger partial charge in [-0.25, -0.2) is 9.78 Å². The van der Waals surface area contributed by atoms with Crippen LogP contribution in [0.2, 0.25) is 10.0 Å². The lowest BCUT2D eigenvalue weighted by Gasteiger charge is -2.23. The van der Waals surface area contributed by atoms with Gasteiger partial charge >= 0.3 is 6.03 Å². The third-order valence-corrected chi connectivity index (χ3v) is 4.11. The number of rotatable bonds is 3. The van der Waals surface area contributed by atoms with E-state index in [4.69, 9.17) is 23.2 Å². The summed E-state index contributed by atoms with van der Waals surface area (Å²) in [5, 5.41) is 3.82. The van der Waals surface area contributed by atoms with Crippen molar-refractivity contribution in [3.05, 3.63) is 28.0 Å². The number of halogens is 2. The second-order valence-electron chi connectivity index (χ2n) is 5.28. The van der Waals surface area contributed by atoms with Crippen LogP contribution in [0.1, 0.15) is 32.6 Å². The SMILES string of the molecule is CC(NC(=O)N(C)C(C)C)c1nc2cc(Cl)c(Cl)cc2[nH]1. The molecule has 1 aromatic heterocycles. The van der Waals surface area contributed by atoms with E-state index in [0.717, 1.165) is 11.0 Å². The van der Waals surface area contributed by atoms with Crippen LogP contribution in [0.25, 0.3) is 11.0 Å². The Kier molecular flexibility index (Phi) is 4.64. The van der Waals surface area contributed by atoms with Crippen LogP contribution in [0.3, 0.4) is 0 Å². The van der Waals surface area contributed by atoms with Gasteiger partial charge in [-0.1, -0.05) is 23.2 Å². The van der Waals surface area contributed by atoms with Crippen molar-refractivity contribution in [1.29, 1.82) is 0 Å². The lowest BCUT2D eigenvalue weighted by atomic mass is 10.3. The number of H-pyrrole nitrogens is 1. The molecule has 2 amide bonds. The van der Waals surface area contributed by atoms with Crippen molar-refractivity contribution in [2.75, 3.05) is 7.05 Å². The first-order valence-electron chi connectivity index (χ1n) is 6.67. The fraction of sp³-hybridized carbons (Fsp3) is 0.429. The van der Waals surface area contributed by atoms with Gasteiger partial charge in [0, 0.05) is 13.1 Å². The Morgan fingerprint density at radius 3 is 2.52 bits per heavy atom. The summed E-state index contributed by atoms with van der Waals surface area (Å²) in [5.41, 5.74) is 1.51. The molecule has 0 spiro atoms. The van der Waals surface area contributed by atoms with Gasteiger partial charge in [-0.2, -0.15) is 0 Å². The van der Waals surface area contributed by atoms with Gasteiger partial charge < -0.3 is 15.2 Å². The number of aromatic amines is 1. The number of hydrogen-bond donors (Lipinski definition) is 2. The standard InChI is InChI=1S/C14H18Cl2N4O/c1-7(2)20(4)14(21)17-8(3)13-18-11-5-9(15)10(16)6-12(11)19-13/h5-8H,1-4H3,(H,17,21)(H,18,19). The van der Waals surface area contributed by atoms with Crippen molar-refractivity contribution in [3.8, 4) is 0 Å². The van der Waals surface area contributed by atoms with Crippen LogP contribution in [0.4, 0.5) is 4.79 Å². The minimum Gasteiger partial charge on any atom is -0.340 e. The molecule has 0 fully saturated rings. The first-order chi connectivity index (χ1) is 9.79. The Labute approximate surface area is 133 Å². The molecule has 1 aromatic carbocycles. The highest BCUT2D eigenvalue weighted by Gasteiger charge is 2.18. The Morgan fingerprint density at radius 1 is 1.29 bits per heavy atom. The summed E-state index contributed by atoms with van der Waals surface area (Å²) in [6.07, 6.45) is 0. The molecule has 1 atom stereocenters. The van der Waals surface area contributed by atoms with E-state index in [1.165, 1.54) is 0 Å². The summed E-state index contributed by atoms with van der Waals surface area (Å²) in [4.78, 5) is 21.2. The molecule has 0 aliphatic heterocycles. The molecule has 0 saturated carbocycles. The molecular weight excluding hydrogens is 311 g/mol. The predicted octanol–water partition coefficient (Wildman–Crippen LogP) is 3.98. The normalized spacial score (nSPS) is 12.7. The van der Waals surface area contributed by atoms with E-state index in [1.54, 1.807) is 24.1 Å². The molecule has 2 rings (SSSR count). The van der Waals surface area contributed by atoms with Crippen LogP contribution in [0.5, 0.6) is 0 Å². The van der Waals surface area contributed by atoms with Gasteiger partial charge in [-0.3, -0.25) is 0 Å². The van der Waals surface area contributed by atoms with Crippen LogP contribution < -0.4 is 5.32 Å². The maximum Gasteiger partial charge on any atom is 0.317 e. The smallest absolute Gasteiger partial charge is 0.317 e. The van der Waals surface area contributed by atoms with Gasteiger partial charge in [-0.15, -0.1) is 0 Å². The fourth-order valence-corrected chi connectivity index (χ4v) is 2.14. The molecule has 7 heteroatoms. The van der Waals surface area contributed by atoms with Crippen LogP contribution in [-0.2, 0) is 0 Å². The van der Waals surface area contributed by atoms with Gasteiger partial charge in [0.05, 0.1) is 27.1 Å². The number of carbonyl (C=O) groups excluding carboxylic acids is 1. The van der Waals surface area contributed by atoms with Crippen LogP contribution in [0.15, 0.2) is 12.1 Å². The predicted molar refractivity (Wildman–Crippen MR) is 86.0 cm³/mol. The number of nitrogens with zero attached hydrogens (tertiary/aromatic N) is 2. The molecule has 2 N–H and O–H groups in total. The average Bonchev–Trinajstić information content (AvgIpc) is 2.81. The molecular formula is C14H18Cl2N4O. The molecule has 0 aliphatic carbocycles. The van der Waals surface area contributed by atoms with Crippen molar-refractivity contribution >= 4 is 40.3 Å². The van der Waals surface area contributed by atoms with Crippen molar-refractivity contribution < 1.29 is 4.79 Å². The molecule has 2 aromatic rings. The molecule has 1 unspecified atom stereocenters. The van der Waals surface area contributed by atoms with E-state index in [2.05, 4.69) is 15.3 Å². The largest absolute Gasteiger partial charge is 0.340 e. The maximum absolute atomic E-state index is 12.0. The monoisotopic (exact) mass is 328 g/mol. The quantitative estimate of drug-likeness (QED) is 0.895. The van der Waals surface area contributed by atoms with Gasteiger partial charge in [0.2, 0.25) is 0 Å². The van der Waals surface area contributed by atoms with E-state index < -0.39 is 0 Å². The maximum atomic E-state index is 12.0. The van der Waals surface area contributed by atoms with Gasteiger partial charge in [0.25, 0.3) is 0 Å². The molecule has 5 nitrogen and oxygen atoms in total. The number of nitrogens with one attached hydrogen (secondary N) is 2. The minimum atomic E-state index is -0.247. The minimum absolute atomic E-state index is 0.130. The Morgan fingerprint density at radius 2 is 1.90 bits per heavy atom. The van der Waals surface area contributed by atoms with Gasteiger partial charge in [0.1, 0.15) is 5.82 Å².